The fourth-order valence-corrected chi connectivity index (χ4v) is 14.3. The second-order valence-corrected chi connectivity index (χ2v) is 23.4. The van der Waals surface area contributed by atoms with Crippen LogP contribution in [-0.2, 0) is 42.2 Å². The van der Waals surface area contributed by atoms with Crippen molar-refractivity contribution in [3.63, 3.8) is 0 Å². The van der Waals surface area contributed by atoms with Crippen molar-refractivity contribution >= 4 is 35.8 Å². The lowest BCUT2D eigenvalue weighted by molar-refractivity contribution is -0.157. The van der Waals surface area contributed by atoms with Crippen molar-refractivity contribution in [3.8, 4) is 46.3 Å². The molecule has 1 spiro atoms. The Hall–Kier alpha value is -5.74. The van der Waals surface area contributed by atoms with Crippen LogP contribution in [0.4, 0.5) is 4.79 Å². The van der Waals surface area contributed by atoms with E-state index in [1.807, 2.05) is 20.9 Å². The summed E-state index contributed by atoms with van der Waals surface area (Å²) in [6.07, 6.45) is 10.0. The maximum absolute atomic E-state index is 15.4. The van der Waals surface area contributed by atoms with Crippen LogP contribution in [0.3, 0.4) is 0 Å². The number of piperazine rings is 1. The maximum atomic E-state index is 15.4. The fourth-order valence-electron chi connectivity index (χ4n) is 12.6. The first-order valence-electron chi connectivity index (χ1n) is 27.6. The van der Waals surface area contributed by atoms with E-state index < -0.39 is 52.7 Å². The van der Waals surface area contributed by atoms with Gasteiger partial charge in [0.25, 0.3) is 0 Å². The molecule has 2 fully saturated rings. The largest absolute Gasteiger partial charge is 0.514 e. The molecule has 2 saturated heterocycles. The van der Waals surface area contributed by atoms with Crippen molar-refractivity contribution in [3.05, 3.63) is 62.7 Å². The number of hydrogen-bond acceptors (Lipinski definition) is 18. The lowest BCUT2D eigenvalue weighted by Crippen LogP contribution is -2.69. The molecule has 7 aliphatic heterocycles. The number of carbonyl (C=O) groups is 4. The van der Waals surface area contributed by atoms with Crippen molar-refractivity contribution in [2.75, 3.05) is 47.0 Å². The average Bonchev–Trinajstić information content (AvgIpc) is 4.07. The van der Waals surface area contributed by atoms with Crippen LogP contribution >= 0.6 is 11.8 Å². The minimum absolute atomic E-state index is 0.0761. The van der Waals surface area contributed by atoms with Gasteiger partial charge in [-0.25, -0.2) is 9.59 Å². The first kappa shape index (κ1) is 56.0. The highest BCUT2D eigenvalue weighted by Gasteiger charge is 2.62. The van der Waals surface area contributed by atoms with Crippen LogP contribution in [-0.4, -0.2) is 105 Å². The lowest BCUT2D eigenvalue weighted by atomic mass is 9.71. The standard InChI is InChI=1S/C59H76N4O13S/c1-11-13-15-17-19-21-43(64)74-51-34(4)52-53(72-32-71-52)46-40-30-70-56(66)59(37-28-41(68-9)42(27-35(37)23-24-61-59)73-57(67)76-58(5,6)7)31-77-55(47(46)51)49-48-45-36(26-38(62(48)8)39(29-60)63(40)49)25-33(3)50(69-10)54(45)75-44(65)22-20-18-16-14-12-2/h25,27-28,38-40,48-49,55,61H,11-24,26,30-32H2,1-10H3/t38-,39+,40+,48+,49?,55-,59-/m1/s1. The predicted octanol–water partition coefficient (Wildman–Crippen LogP) is 10.5. The van der Waals surface area contributed by atoms with Gasteiger partial charge in [0.2, 0.25) is 6.79 Å². The SMILES string of the molecule is CCCCCCCC(=O)Oc1c(C)c2c(c3c1[C@H]1SC[C@]4(NCCc5cc(OC(=O)OC(C)(C)C)c(OC)cc54)C(=O)OC[C@@H]3N3C1[C@@H]1c4c(cc(C)c(OC)c4OC(=O)CCCCCCC)C[C@H]([C@@H]3C#N)N1C)OCO2. The highest BCUT2D eigenvalue weighted by Crippen LogP contribution is 2.65. The van der Waals surface area contributed by atoms with Crippen LogP contribution in [0.25, 0.3) is 0 Å². The Kier molecular flexibility index (Phi) is 16.9. The van der Waals surface area contributed by atoms with Gasteiger partial charge in [-0.1, -0.05) is 71.3 Å². The minimum atomic E-state index is -1.49. The van der Waals surface area contributed by atoms with E-state index in [1.165, 1.54) is 18.9 Å². The van der Waals surface area contributed by atoms with Gasteiger partial charge < -0.3 is 42.6 Å². The van der Waals surface area contributed by atoms with Gasteiger partial charge in [-0.05, 0) is 102 Å². The topological polar surface area (TPSA) is 194 Å². The summed E-state index contributed by atoms with van der Waals surface area (Å²) in [5.41, 5.74) is 3.46. The number of methoxy groups -OCH3 is 2. The van der Waals surface area contributed by atoms with Crippen molar-refractivity contribution in [2.24, 2.45) is 0 Å². The van der Waals surface area contributed by atoms with Crippen molar-refractivity contribution in [1.82, 2.24) is 15.1 Å². The zero-order valence-electron chi connectivity index (χ0n) is 46.5. The number of nitrogens with zero attached hydrogens (tertiary/aromatic N) is 3. The van der Waals surface area contributed by atoms with E-state index in [2.05, 4.69) is 41.1 Å². The molecule has 77 heavy (non-hydrogen) atoms. The van der Waals surface area contributed by atoms with E-state index in [0.29, 0.717) is 83.2 Å². The molecule has 3 aromatic rings. The summed E-state index contributed by atoms with van der Waals surface area (Å²) in [6, 6.07) is 5.15. The number of aryl methyl sites for hydroxylation is 1. The second-order valence-electron chi connectivity index (χ2n) is 22.3. The summed E-state index contributed by atoms with van der Waals surface area (Å²) < 4.78 is 55.9. The molecule has 17 nitrogen and oxygen atoms in total. The number of unbranched alkanes of at least 4 members (excludes halogenated alkanes) is 8. The maximum Gasteiger partial charge on any atom is 0.514 e. The minimum Gasteiger partial charge on any atom is -0.493 e. The summed E-state index contributed by atoms with van der Waals surface area (Å²) >= 11 is 1.49. The number of nitriles is 1. The van der Waals surface area contributed by atoms with Gasteiger partial charge in [0, 0.05) is 59.5 Å². The molecule has 0 aromatic heterocycles. The Morgan fingerprint density at radius 1 is 0.818 bits per heavy atom. The number of likely N-dealkylation sites (N-methyl/N-ethyl adjacent to an activating group) is 1. The van der Waals surface area contributed by atoms with E-state index in [0.717, 1.165) is 73.6 Å². The second kappa shape index (κ2) is 23.3. The van der Waals surface area contributed by atoms with E-state index in [4.69, 9.17) is 42.6 Å². The van der Waals surface area contributed by atoms with Crippen molar-refractivity contribution < 1.29 is 61.8 Å². The first-order chi connectivity index (χ1) is 37.0. The number of fused-ring (bicyclic) bond motifs is 9. The first-order valence-corrected chi connectivity index (χ1v) is 28.7. The molecule has 10 rings (SSSR count). The van der Waals surface area contributed by atoms with E-state index >= 15 is 4.79 Å². The van der Waals surface area contributed by atoms with Gasteiger partial charge in [-0.2, -0.15) is 5.26 Å². The van der Waals surface area contributed by atoms with Crippen LogP contribution in [0, 0.1) is 25.2 Å². The predicted molar refractivity (Wildman–Crippen MR) is 288 cm³/mol. The number of nitrogens with one attached hydrogen (secondary N) is 1. The van der Waals surface area contributed by atoms with Crippen molar-refractivity contribution in [1.29, 1.82) is 5.26 Å². The lowest BCUT2D eigenvalue weighted by Gasteiger charge is -2.62. The highest BCUT2D eigenvalue weighted by atomic mass is 32.2. The van der Waals surface area contributed by atoms with Gasteiger partial charge in [-0.15, -0.1) is 11.8 Å². The number of ether oxygens (including phenoxy) is 9. The molecular weight excluding hydrogens is 1000 g/mol. The smallest absolute Gasteiger partial charge is 0.493 e. The van der Waals surface area contributed by atoms with E-state index in [1.54, 1.807) is 40.0 Å². The highest BCUT2D eigenvalue weighted by molar-refractivity contribution is 7.99. The summed E-state index contributed by atoms with van der Waals surface area (Å²) in [7, 11) is 5.08. The Labute approximate surface area is 457 Å². The number of benzene rings is 3. The van der Waals surface area contributed by atoms with Gasteiger partial charge in [0.15, 0.2) is 40.0 Å². The molecule has 0 saturated carbocycles. The van der Waals surface area contributed by atoms with Crippen LogP contribution < -0.4 is 38.5 Å². The van der Waals surface area contributed by atoms with Gasteiger partial charge in [0.1, 0.15) is 24.0 Å². The molecule has 7 atom stereocenters. The summed E-state index contributed by atoms with van der Waals surface area (Å²) in [5, 5.41) is 14.5. The molecule has 4 bridgehead atoms. The van der Waals surface area contributed by atoms with Crippen LogP contribution in [0.1, 0.15) is 174 Å². The Morgan fingerprint density at radius 3 is 2.14 bits per heavy atom. The fraction of sp³-hybridized carbons (Fsp3) is 0.610. The number of carbonyl (C=O) groups excluding carboxylic acids is 4. The van der Waals surface area contributed by atoms with Crippen LogP contribution in [0.2, 0.25) is 0 Å². The number of hydrogen-bond donors (Lipinski definition) is 1. The number of esters is 3. The van der Waals surface area contributed by atoms with Gasteiger partial charge in [0.05, 0.1) is 37.6 Å². The molecule has 0 radical (unpaired) electrons. The quantitative estimate of drug-likeness (QED) is 0.0580. The molecule has 7 heterocycles. The summed E-state index contributed by atoms with van der Waals surface area (Å²) in [5.74, 6) is 1.17. The monoisotopic (exact) mass is 1080 g/mol. The third-order valence-electron chi connectivity index (χ3n) is 16.1. The Morgan fingerprint density at radius 2 is 1.49 bits per heavy atom. The molecule has 1 N–H and O–H groups in total. The number of thioether (sulfide) groups is 1. The molecule has 1 unspecified atom stereocenters. The molecule has 0 amide bonds. The normalized spacial score (nSPS) is 24.1. The molecular formula is C59H76N4O13S. The molecule has 416 valence electrons. The Bertz CT molecular complexity index is 2810. The van der Waals surface area contributed by atoms with E-state index in [9.17, 15) is 19.6 Å². The molecule has 3 aromatic carbocycles. The van der Waals surface area contributed by atoms with Crippen molar-refractivity contribution in [2.45, 2.75) is 185 Å². The van der Waals surface area contributed by atoms with Crippen LogP contribution in [0.5, 0.6) is 40.2 Å². The third-order valence-corrected chi connectivity index (χ3v) is 17.6. The summed E-state index contributed by atoms with van der Waals surface area (Å²) in [6.45, 7) is 13.4. The molecule has 0 aliphatic carbocycles. The van der Waals surface area contributed by atoms with Gasteiger partial charge >= 0.3 is 24.1 Å². The van der Waals surface area contributed by atoms with E-state index in [-0.39, 0.29) is 61.5 Å². The third kappa shape index (κ3) is 10.7. The zero-order valence-corrected chi connectivity index (χ0v) is 47.3. The molecule has 7 aliphatic rings. The molecule has 18 heteroatoms. The summed E-state index contributed by atoms with van der Waals surface area (Å²) in [4.78, 5) is 61.3. The average molecular weight is 1080 g/mol. The Balaban J connectivity index is 1.24. The zero-order chi connectivity index (χ0) is 54.9. The number of rotatable bonds is 17. The van der Waals surface area contributed by atoms with Gasteiger partial charge in [-0.3, -0.25) is 24.7 Å². The van der Waals surface area contributed by atoms with Crippen LogP contribution in [0.15, 0.2) is 18.2 Å².